The zero-order valence-electron chi connectivity index (χ0n) is 13.4. The number of carbonyl (C=O) groups is 2. The summed E-state index contributed by atoms with van der Waals surface area (Å²) in [4.78, 5) is 24.4. The van der Waals surface area contributed by atoms with E-state index in [0.29, 0.717) is 23.4 Å². The number of rotatable bonds is 3. The summed E-state index contributed by atoms with van der Waals surface area (Å²) in [6.45, 7) is 2.01. The van der Waals surface area contributed by atoms with Gasteiger partial charge in [0.2, 0.25) is 5.91 Å². The average Bonchev–Trinajstić information content (AvgIpc) is 2.57. The highest BCUT2D eigenvalue weighted by atomic mass is 35.5. The molecule has 0 radical (unpaired) electrons. The Balaban J connectivity index is 1.81. The van der Waals surface area contributed by atoms with Gasteiger partial charge in [-0.15, -0.1) is 0 Å². The minimum Gasteiger partial charge on any atom is -0.347 e. The third-order valence-corrected chi connectivity index (χ3v) is 4.60. The van der Waals surface area contributed by atoms with Gasteiger partial charge >= 0.3 is 0 Å². The Morgan fingerprint density at radius 1 is 1.17 bits per heavy atom. The molecule has 0 aliphatic carbocycles. The molecular weight excluding hydrogens is 324 g/mol. The summed E-state index contributed by atoms with van der Waals surface area (Å²) in [6.07, 6.45) is 0.996. The van der Waals surface area contributed by atoms with E-state index in [9.17, 15) is 9.59 Å². The van der Waals surface area contributed by atoms with Gasteiger partial charge in [0.25, 0.3) is 5.91 Å². The average molecular weight is 343 g/mol. The van der Waals surface area contributed by atoms with E-state index >= 15 is 0 Å². The SMILES string of the molecule is Cc1ccc(C2NC(=O)CCC2NC(=O)c2ccccc2Cl)cc1. The van der Waals surface area contributed by atoms with Crippen molar-refractivity contribution in [3.05, 3.63) is 70.2 Å². The van der Waals surface area contributed by atoms with Crippen molar-refractivity contribution < 1.29 is 9.59 Å². The second-order valence-electron chi connectivity index (χ2n) is 6.05. The Labute approximate surface area is 146 Å². The molecule has 2 unspecified atom stereocenters. The normalized spacial score (nSPS) is 20.3. The van der Waals surface area contributed by atoms with Crippen molar-refractivity contribution in [1.82, 2.24) is 10.6 Å². The summed E-state index contributed by atoms with van der Waals surface area (Å²) in [6, 6.07) is 14.5. The molecule has 124 valence electrons. The molecule has 24 heavy (non-hydrogen) atoms. The number of hydrogen-bond donors (Lipinski definition) is 2. The van der Waals surface area contributed by atoms with Crippen LogP contribution in [0.25, 0.3) is 0 Å². The van der Waals surface area contributed by atoms with E-state index < -0.39 is 0 Å². The number of amides is 2. The van der Waals surface area contributed by atoms with Crippen LogP contribution in [-0.4, -0.2) is 17.9 Å². The summed E-state index contributed by atoms with van der Waals surface area (Å²) in [5, 5.41) is 6.43. The van der Waals surface area contributed by atoms with Crippen LogP contribution in [0.1, 0.15) is 40.4 Å². The zero-order chi connectivity index (χ0) is 17.1. The molecule has 3 rings (SSSR count). The minimum absolute atomic E-state index is 0.00353. The number of piperidine rings is 1. The van der Waals surface area contributed by atoms with Gasteiger partial charge in [-0.25, -0.2) is 0 Å². The third-order valence-electron chi connectivity index (χ3n) is 4.27. The molecule has 5 heteroatoms. The zero-order valence-corrected chi connectivity index (χ0v) is 14.1. The molecule has 2 atom stereocenters. The molecule has 2 amide bonds. The first-order valence-electron chi connectivity index (χ1n) is 7.96. The standard InChI is InChI=1S/C19H19ClN2O2/c1-12-6-8-13(9-7-12)18-16(10-11-17(23)22-18)21-19(24)14-4-2-3-5-15(14)20/h2-9,16,18H,10-11H2,1H3,(H,21,24)(H,22,23). The first-order valence-corrected chi connectivity index (χ1v) is 8.34. The lowest BCUT2D eigenvalue weighted by molar-refractivity contribution is -0.123. The van der Waals surface area contributed by atoms with Gasteiger partial charge in [-0.3, -0.25) is 9.59 Å². The molecule has 1 aliphatic rings. The Kier molecular flexibility index (Phi) is 4.86. The van der Waals surface area contributed by atoms with Gasteiger partial charge in [0, 0.05) is 6.42 Å². The number of benzene rings is 2. The molecule has 1 aliphatic heterocycles. The Morgan fingerprint density at radius 3 is 2.58 bits per heavy atom. The van der Waals surface area contributed by atoms with Crippen LogP contribution in [-0.2, 0) is 4.79 Å². The first kappa shape index (κ1) is 16.5. The number of aryl methyl sites for hydroxylation is 1. The number of halogens is 1. The second kappa shape index (κ2) is 7.05. The fourth-order valence-electron chi connectivity index (χ4n) is 2.94. The number of nitrogens with one attached hydrogen (secondary N) is 2. The van der Waals surface area contributed by atoms with Crippen LogP contribution in [0.15, 0.2) is 48.5 Å². The summed E-state index contributed by atoms with van der Waals surface area (Å²) in [7, 11) is 0. The smallest absolute Gasteiger partial charge is 0.253 e. The third kappa shape index (κ3) is 3.60. The van der Waals surface area contributed by atoms with Crippen molar-refractivity contribution in [3.8, 4) is 0 Å². The van der Waals surface area contributed by atoms with Crippen LogP contribution in [0, 0.1) is 6.92 Å². The highest BCUT2D eigenvalue weighted by Gasteiger charge is 2.31. The maximum atomic E-state index is 12.5. The monoisotopic (exact) mass is 342 g/mol. The highest BCUT2D eigenvalue weighted by Crippen LogP contribution is 2.25. The molecule has 0 saturated carbocycles. The van der Waals surface area contributed by atoms with Gasteiger partial charge in [0.15, 0.2) is 0 Å². The van der Waals surface area contributed by atoms with Gasteiger partial charge < -0.3 is 10.6 Å². The molecule has 1 heterocycles. The lowest BCUT2D eigenvalue weighted by atomic mass is 9.91. The maximum Gasteiger partial charge on any atom is 0.253 e. The minimum atomic E-state index is -0.238. The molecule has 0 aromatic heterocycles. The fraction of sp³-hybridized carbons (Fsp3) is 0.263. The van der Waals surface area contributed by atoms with Gasteiger partial charge in [-0.1, -0.05) is 53.6 Å². The van der Waals surface area contributed by atoms with E-state index in [4.69, 9.17) is 11.6 Å². The van der Waals surface area contributed by atoms with Crippen molar-refractivity contribution in [1.29, 1.82) is 0 Å². The first-order chi connectivity index (χ1) is 11.5. The van der Waals surface area contributed by atoms with Gasteiger partial charge in [0.1, 0.15) is 0 Å². The Bertz CT molecular complexity index is 758. The van der Waals surface area contributed by atoms with Crippen LogP contribution < -0.4 is 10.6 Å². The predicted octanol–water partition coefficient (Wildman–Crippen LogP) is 3.40. The van der Waals surface area contributed by atoms with E-state index in [2.05, 4.69) is 10.6 Å². The highest BCUT2D eigenvalue weighted by molar-refractivity contribution is 6.33. The summed E-state index contributed by atoms with van der Waals surface area (Å²) < 4.78 is 0. The number of hydrogen-bond acceptors (Lipinski definition) is 2. The van der Waals surface area contributed by atoms with Crippen LogP contribution in [0.2, 0.25) is 5.02 Å². The predicted molar refractivity (Wildman–Crippen MR) is 94.0 cm³/mol. The van der Waals surface area contributed by atoms with Crippen molar-refractivity contribution in [3.63, 3.8) is 0 Å². The van der Waals surface area contributed by atoms with E-state index in [1.54, 1.807) is 24.3 Å². The molecule has 1 saturated heterocycles. The molecular formula is C19H19ClN2O2. The molecule has 2 N–H and O–H groups in total. The second-order valence-corrected chi connectivity index (χ2v) is 6.46. The molecule has 1 fully saturated rings. The summed E-state index contributed by atoms with van der Waals surface area (Å²) >= 11 is 6.10. The number of carbonyl (C=O) groups excluding carboxylic acids is 2. The molecule has 0 bridgehead atoms. The van der Waals surface area contributed by atoms with E-state index in [1.165, 1.54) is 0 Å². The van der Waals surface area contributed by atoms with Crippen LogP contribution in [0.3, 0.4) is 0 Å². The van der Waals surface area contributed by atoms with Gasteiger partial charge in [0.05, 0.1) is 22.7 Å². The molecule has 2 aromatic carbocycles. The largest absolute Gasteiger partial charge is 0.347 e. The van der Waals surface area contributed by atoms with E-state index in [-0.39, 0.29) is 23.9 Å². The van der Waals surface area contributed by atoms with Crippen molar-refractivity contribution in [2.45, 2.75) is 31.8 Å². The van der Waals surface area contributed by atoms with Gasteiger partial charge in [-0.05, 0) is 31.0 Å². The molecule has 4 nitrogen and oxygen atoms in total. The van der Waals surface area contributed by atoms with Crippen molar-refractivity contribution >= 4 is 23.4 Å². The molecule has 2 aromatic rings. The van der Waals surface area contributed by atoms with E-state index in [0.717, 1.165) is 11.1 Å². The van der Waals surface area contributed by atoms with Crippen molar-refractivity contribution in [2.24, 2.45) is 0 Å². The van der Waals surface area contributed by atoms with Gasteiger partial charge in [-0.2, -0.15) is 0 Å². The Hall–Kier alpha value is -2.33. The summed E-state index contributed by atoms with van der Waals surface area (Å²) in [5.41, 5.74) is 2.58. The quantitative estimate of drug-likeness (QED) is 0.898. The summed E-state index contributed by atoms with van der Waals surface area (Å²) in [5.74, 6) is -0.220. The van der Waals surface area contributed by atoms with Crippen molar-refractivity contribution in [2.75, 3.05) is 0 Å². The lowest BCUT2D eigenvalue weighted by Crippen LogP contribution is -2.50. The maximum absolute atomic E-state index is 12.5. The lowest BCUT2D eigenvalue weighted by Gasteiger charge is -2.33. The van der Waals surface area contributed by atoms with Crippen LogP contribution in [0.5, 0.6) is 0 Å². The fourth-order valence-corrected chi connectivity index (χ4v) is 3.16. The molecule has 0 spiro atoms. The topological polar surface area (TPSA) is 58.2 Å². The van der Waals surface area contributed by atoms with E-state index in [1.807, 2.05) is 31.2 Å². The Morgan fingerprint density at radius 2 is 1.88 bits per heavy atom. The van der Waals surface area contributed by atoms with Crippen LogP contribution in [0.4, 0.5) is 0 Å². The van der Waals surface area contributed by atoms with Crippen LogP contribution >= 0.6 is 11.6 Å².